The number of carbonyl (C=O) groups is 1. The third-order valence-electron chi connectivity index (χ3n) is 2.96. The van der Waals surface area contributed by atoms with Gasteiger partial charge in [-0.2, -0.15) is 0 Å². The van der Waals surface area contributed by atoms with Crippen molar-refractivity contribution in [2.45, 2.75) is 45.1 Å². The Balaban J connectivity index is 2.33. The molecule has 0 bridgehead atoms. The lowest BCUT2D eigenvalue weighted by Gasteiger charge is -2.18. The van der Waals surface area contributed by atoms with E-state index in [9.17, 15) is 4.79 Å². The Morgan fingerprint density at radius 2 is 2.06 bits per heavy atom. The Labute approximate surface area is 109 Å². The molecule has 1 aromatic rings. The van der Waals surface area contributed by atoms with E-state index in [0.717, 1.165) is 25.8 Å². The van der Waals surface area contributed by atoms with E-state index >= 15 is 0 Å². The minimum absolute atomic E-state index is 0.247. The lowest BCUT2D eigenvalue weighted by atomic mass is 10.0. The Morgan fingerprint density at radius 1 is 1.33 bits per heavy atom. The number of hydrogen-bond acceptors (Lipinski definition) is 2. The van der Waals surface area contributed by atoms with Crippen LogP contribution in [0.3, 0.4) is 0 Å². The second-order valence-electron chi connectivity index (χ2n) is 4.63. The zero-order valence-corrected chi connectivity index (χ0v) is 11.1. The number of rotatable bonds is 9. The van der Waals surface area contributed by atoms with Crippen molar-refractivity contribution in [3.8, 4) is 0 Å². The van der Waals surface area contributed by atoms with E-state index in [2.05, 4.69) is 36.5 Å². The van der Waals surface area contributed by atoms with Crippen LogP contribution in [0.4, 0.5) is 0 Å². The summed E-state index contributed by atoms with van der Waals surface area (Å²) in [7, 11) is 0. The highest BCUT2D eigenvalue weighted by Crippen LogP contribution is 2.07. The standard InChI is InChI=1S/C15H23NO2/c1-2-7-14(16-11-6-10-15(17)18)12-13-8-4-3-5-9-13/h3-5,8-9,14,16H,2,6-7,10-12H2,1H3,(H,17,18). The average Bonchev–Trinajstić information content (AvgIpc) is 2.36. The molecule has 1 atom stereocenters. The van der Waals surface area contributed by atoms with Crippen molar-refractivity contribution in [3.63, 3.8) is 0 Å². The van der Waals surface area contributed by atoms with E-state index in [1.54, 1.807) is 0 Å². The minimum Gasteiger partial charge on any atom is -0.481 e. The summed E-state index contributed by atoms with van der Waals surface area (Å²) in [6.45, 7) is 2.96. The van der Waals surface area contributed by atoms with Gasteiger partial charge in [0.15, 0.2) is 0 Å². The van der Waals surface area contributed by atoms with Crippen LogP contribution in [0.15, 0.2) is 30.3 Å². The summed E-state index contributed by atoms with van der Waals surface area (Å²) < 4.78 is 0. The summed E-state index contributed by atoms with van der Waals surface area (Å²) in [5.41, 5.74) is 1.33. The summed E-state index contributed by atoms with van der Waals surface area (Å²) in [5, 5.41) is 12.1. The maximum atomic E-state index is 10.4. The van der Waals surface area contributed by atoms with Crippen molar-refractivity contribution >= 4 is 5.97 Å². The minimum atomic E-state index is -0.716. The zero-order valence-electron chi connectivity index (χ0n) is 11.1. The molecule has 2 N–H and O–H groups in total. The molecule has 0 amide bonds. The fourth-order valence-electron chi connectivity index (χ4n) is 2.07. The molecule has 0 saturated heterocycles. The van der Waals surface area contributed by atoms with E-state index in [1.165, 1.54) is 5.56 Å². The predicted molar refractivity (Wildman–Crippen MR) is 73.7 cm³/mol. The molecule has 0 aliphatic carbocycles. The fourth-order valence-corrected chi connectivity index (χ4v) is 2.07. The van der Waals surface area contributed by atoms with Crippen LogP contribution in [0.25, 0.3) is 0 Å². The number of carboxylic acids is 1. The van der Waals surface area contributed by atoms with Crippen LogP contribution in [0.1, 0.15) is 38.2 Å². The van der Waals surface area contributed by atoms with Gasteiger partial charge in [-0.3, -0.25) is 4.79 Å². The Bertz CT molecular complexity index is 338. The molecule has 0 radical (unpaired) electrons. The summed E-state index contributed by atoms with van der Waals surface area (Å²) in [5.74, 6) is -0.716. The van der Waals surface area contributed by atoms with Gasteiger partial charge in [-0.25, -0.2) is 0 Å². The highest BCUT2D eigenvalue weighted by molar-refractivity contribution is 5.66. The van der Waals surface area contributed by atoms with Gasteiger partial charge in [-0.1, -0.05) is 43.7 Å². The largest absolute Gasteiger partial charge is 0.481 e. The van der Waals surface area contributed by atoms with Crippen LogP contribution in [-0.2, 0) is 11.2 Å². The highest BCUT2D eigenvalue weighted by Gasteiger charge is 2.08. The number of carboxylic acid groups (broad SMARTS) is 1. The van der Waals surface area contributed by atoms with E-state index in [4.69, 9.17) is 5.11 Å². The van der Waals surface area contributed by atoms with Crippen molar-refractivity contribution in [2.75, 3.05) is 6.54 Å². The van der Waals surface area contributed by atoms with Gasteiger partial charge in [0.05, 0.1) is 0 Å². The van der Waals surface area contributed by atoms with E-state index in [1.807, 2.05) is 6.07 Å². The topological polar surface area (TPSA) is 49.3 Å². The SMILES string of the molecule is CCCC(Cc1ccccc1)NCCCC(=O)O. The van der Waals surface area contributed by atoms with Gasteiger partial charge < -0.3 is 10.4 Å². The molecule has 0 aromatic heterocycles. The molecule has 0 heterocycles. The Kier molecular flexibility index (Phi) is 7.11. The molecule has 100 valence electrons. The molecule has 3 heteroatoms. The first-order valence-electron chi connectivity index (χ1n) is 6.71. The van der Waals surface area contributed by atoms with Crippen LogP contribution >= 0.6 is 0 Å². The number of benzene rings is 1. The Morgan fingerprint density at radius 3 is 2.67 bits per heavy atom. The molecule has 0 saturated carbocycles. The summed E-state index contributed by atoms with van der Waals surface area (Å²) in [4.78, 5) is 10.4. The highest BCUT2D eigenvalue weighted by atomic mass is 16.4. The molecule has 1 aromatic carbocycles. The molecule has 0 fully saturated rings. The van der Waals surface area contributed by atoms with Gasteiger partial charge in [0, 0.05) is 12.5 Å². The van der Waals surface area contributed by atoms with Crippen molar-refractivity contribution in [1.29, 1.82) is 0 Å². The summed E-state index contributed by atoms with van der Waals surface area (Å²) >= 11 is 0. The van der Waals surface area contributed by atoms with Crippen LogP contribution in [0.5, 0.6) is 0 Å². The molecule has 1 unspecified atom stereocenters. The lowest BCUT2D eigenvalue weighted by Crippen LogP contribution is -2.32. The van der Waals surface area contributed by atoms with Crippen LogP contribution in [0, 0.1) is 0 Å². The zero-order chi connectivity index (χ0) is 13.2. The third kappa shape index (κ3) is 6.40. The normalized spacial score (nSPS) is 12.3. The van der Waals surface area contributed by atoms with Crippen molar-refractivity contribution < 1.29 is 9.90 Å². The van der Waals surface area contributed by atoms with E-state index < -0.39 is 5.97 Å². The molecule has 0 aliphatic rings. The maximum Gasteiger partial charge on any atom is 0.303 e. The number of nitrogens with one attached hydrogen (secondary N) is 1. The first kappa shape index (κ1) is 14.7. The van der Waals surface area contributed by atoms with Crippen molar-refractivity contribution in [1.82, 2.24) is 5.32 Å². The van der Waals surface area contributed by atoms with E-state index in [-0.39, 0.29) is 6.42 Å². The first-order valence-corrected chi connectivity index (χ1v) is 6.71. The van der Waals surface area contributed by atoms with Gasteiger partial charge in [0.25, 0.3) is 0 Å². The van der Waals surface area contributed by atoms with Gasteiger partial charge in [-0.15, -0.1) is 0 Å². The second kappa shape index (κ2) is 8.70. The number of aliphatic carboxylic acids is 1. The molecular formula is C15H23NO2. The third-order valence-corrected chi connectivity index (χ3v) is 2.96. The maximum absolute atomic E-state index is 10.4. The van der Waals surface area contributed by atoms with Gasteiger partial charge in [0.1, 0.15) is 0 Å². The monoisotopic (exact) mass is 249 g/mol. The van der Waals surface area contributed by atoms with Gasteiger partial charge in [-0.05, 0) is 31.4 Å². The van der Waals surface area contributed by atoms with E-state index in [0.29, 0.717) is 12.5 Å². The Hall–Kier alpha value is -1.35. The second-order valence-corrected chi connectivity index (χ2v) is 4.63. The summed E-state index contributed by atoms with van der Waals surface area (Å²) in [6.07, 6.45) is 4.23. The van der Waals surface area contributed by atoms with Crippen molar-refractivity contribution in [2.24, 2.45) is 0 Å². The fraction of sp³-hybridized carbons (Fsp3) is 0.533. The van der Waals surface area contributed by atoms with Gasteiger partial charge >= 0.3 is 5.97 Å². The van der Waals surface area contributed by atoms with Crippen LogP contribution in [0.2, 0.25) is 0 Å². The first-order chi connectivity index (χ1) is 8.72. The van der Waals surface area contributed by atoms with Crippen LogP contribution in [-0.4, -0.2) is 23.7 Å². The molecule has 18 heavy (non-hydrogen) atoms. The molecule has 1 rings (SSSR count). The lowest BCUT2D eigenvalue weighted by molar-refractivity contribution is -0.137. The summed E-state index contributed by atoms with van der Waals surface area (Å²) in [6, 6.07) is 10.9. The molecule has 0 spiro atoms. The smallest absolute Gasteiger partial charge is 0.303 e. The number of hydrogen-bond donors (Lipinski definition) is 2. The predicted octanol–water partition coefficient (Wildman–Crippen LogP) is 2.85. The van der Waals surface area contributed by atoms with Crippen molar-refractivity contribution in [3.05, 3.63) is 35.9 Å². The quantitative estimate of drug-likeness (QED) is 0.662. The molecule has 3 nitrogen and oxygen atoms in total. The van der Waals surface area contributed by atoms with Gasteiger partial charge in [0.2, 0.25) is 0 Å². The van der Waals surface area contributed by atoms with Crippen LogP contribution < -0.4 is 5.32 Å². The average molecular weight is 249 g/mol. The molecule has 0 aliphatic heterocycles. The molecular weight excluding hydrogens is 226 g/mol.